The average Bonchev–Trinajstić information content (AvgIpc) is 3.30. The van der Waals surface area contributed by atoms with Gasteiger partial charge in [0.25, 0.3) is 12.9 Å². The molecule has 1 saturated carbocycles. The fourth-order valence-electron chi connectivity index (χ4n) is 3.81. The number of urea groups is 1. The number of ether oxygens (including phenoxy) is 2. The molecule has 9 nitrogen and oxygen atoms in total. The number of hydrogen-bond donors (Lipinski definition) is 2. The van der Waals surface area contributed by atoms with Gasteiger partial charge in [-0.05, 0) is 59.3 Å². The third kappa shape index (κ3) is 18.7. The van der Waals surface area contributed by atoms with Gasteiger partial charge in [-0.2, -0.15) is 0 Å². The summed E-state index contributed by atoms with van der Waals surface area (Å²) in [6, 6.07) is -0.312. The Morgan fingerprint density at radius 1 is 0.886 bits per heavy atom. The Kier molecular flexibility index (Phi) is 24.9. The van der Waals surface area contributed by atoms with Crippen LogP contribution in [0.4, 0.5) is 4.79 Å². The SMILES string of the molecule is CC.CC.CC1CCCN1C(=O)C(NC(=O)NC(C)(C)C)C1CCCCC1.COC=O.COC=O. The van der Waals surface area contributed by atoms with E-state index in [-0.39, 0.29) is 29.4 Å². The van der Waals surface area contributed by atoms with Gasteiger partial charge in [0.1, 0.15) is 6.04 Å². The average molecular weight is 504 g/mol. The first kappa shape index (κ1) is 37.2. The van der Waals surface area contributed by atoms with Crippen molar-refractivity contribution >= 4 is 24.9 Å². The quantitative estimate of drug-likeness (QED) is 0.527. The van der Waals surface area contributed by atoms with Crippen molar-refractivity contribution in [3.05, 3.63) is 0 Å². The van der Waals surface area contributed by atoms with Crippen LogP contribution in [0.25, 0.3) is 0 Å². The van der Waals surface area contributed by atoms with Crippen molar-refractivity contribution < 1.29 is 28.7 Å². The van der Waals surface area contributed by atoms with Crippen molar-refractivity contribution in [2.45, 2.75) is 118 Å². The number of rotatable bonds is 5. The smallest absolute Gasteiger partial charge is 0.315 e. The minimum atomic E-state index is -0.377. The summed E-state index contributed by atoms with van der Waals surface area (Å²) in [6.07, 6.45) is 7.77. The summed E-state index contributed by atoms with van der Waals surface area (Å²) in [6.45, 7) is 17.5. The Morgan fingerprint density at radius 2 is 1.34 bits per heavy atom. The zero-order valence-corrected chi connectivity index (χ0v) is 23.9. The molecule has 2 unspecified atom stereocenters. The molecule has 1 heterocycles. The number of methoxy groups -OCH3 is 2. The third-order valence-corrected chi connectivity index (χ3v) is 5.19. The second kappa shape index (κ2) is 23.4. The highest BCUT2D eigenvalue weighted by atomic mass is 16.5. The standard InChI is InChI=1S/C18H33N3O2.2C2H4O2.2C2H6/c1-13-9-8-12-21(13)16(22)15(14-10-6-5-7-11-14)19-17(23)20-18(2,3)4;2*1-4-2-3;2*1-2/h13-15H,5-12H2,1-4H3,(H2,19,20,23);2*2H,1H3;2*1-2H3. The molecule has 2 N–H and O–H groups in total. The highest BCUT2D eigenvalue weighted by molar-refractivity contribution is 5.88. The molecule has 0 aromatic carbocycles. The van der Waals surface area contributed by atoms with E-state index in [9.17, 15) is 9.59 Å². The first-order chi connectivity index (χ1) is 16.6. The highest BCUT2D eigenvalue weighted by Crippen LogP contribution is 2.29. The van der Waals surface area contributed by atoms with E-state index in [1.165, 1.54) is 20.6 Å². The van der Waals surface area contributed by atoms with Gasteiger partial charge in [0.15, 0.2) is 0 Å². The van der Waals surface area contributed by atoms with Gasteiger partial charge in [-0.3, -0.25) is 14.4 Å². The Bertz CT molecular complexity index is 538. The van der Waals surface area contributed by atoms with E-state index < -0.39 is 0 Å². The number of carbonyl (C=O) groups excluding carboxylic acids is 4. The summed E-state index contributed by atoms with van der Waals surface area (Å²) in [5.41, 5.74) is -0.300. The summed E-state index contributed by atoms with van der Waals surface area (Å²) in [4.78, 5) is 45.2. The number of amides is 3. The first-order valence-electron chi connectivity index (χ1n) is 12.9. The molecule has 1 aliphatic carbocycles. The summed E-state index contributed by atoms with van der Waals surface area (Å²) >= 11 is 0. The van der Waals surface area contributed by atoms with Crippen LogP contribution in [0.15, 0.2) is 0 Å². The molecule has 0 radical (unpaired) electrons. The Labute approximate surface area is 214 Å². The van der Waals surface area contributed by atoms with Crippen molar-refractivity contribution in [3.8, 4) is 0 Å². The number of hydrogen-bond acceptors (Lipinski definition) is 6. The van der Waals surface area contributed by atoms with Crippen LogP contribution in [0.1, 0.15) is 100 Å². The van der Waals surface area contributed by atoms with Crippen molar-refractivity contribution in [3.63, 3.8) is 0 Å². The lowest BCUT2D eigenvalue weighted by atomic mass is 9.83. The van der Waals surface area contributed by atoms with Crippen molar-refractivity contribution in [2.24, 2.45) is 5.92 Å². The number of nitrogens with zero attached hydrogens (tertiary/aromatic N) is 1. The molecule has 0 aromatic rings. The van der Waals surface area contributed by atoms with Crippen LogP contribution in [0.5, 0.6) is 0 Å². The van der Waals surface area contributed by atoms with Crippen LogP contribution in [0.2, 0.25) is 0 Å². The lowest BCUT2D eigenvalue weighted by Crippen LogP contribution is -2.57. The molecule has 2 atom stereocenters. The molecule has 0 spiro atoms. The van der Waals surface area contributed by atoms with Crippen LogP contribution in [0.3, 0.4) is 0 Å². The molecule has 0 aromatic heterocycles. The van der Waals surface area contributed by atoms with Gasteiger partial charge in [0.05, 0.1) is 14.2 Å². The van der Waals surface area contributed by atoms with Crippen LogP contribution in [0, 0.1) is 5.92 Å². The lowest BCUT2D eigenvalue weighted by molar-refractivity contribution is -0.135. The maximum atomic E-state index is 13.0. The number of nitrogens with one attached hydrogen (secondary N) is 2. The highest BCUT2D eigenvalue weighted by Gasteiger charge is 2.37. The monoisotopic (exact) mass is 503 g/mol. The molecule has 35 heavy (non-hydrogen) atoms. The van der Waals surface area contributed by atoms with Gasteiger partial charge in [-0.15, -0.1) is 0 Å². The molecule has 3 amide bonds. The van der Waals surface area contributed by atoms with E-state index in [1.54, 1.807) is 0 Å². The maximum absolute atomic E-state index is 13.0. The second-order valence-electron chi connectivity index (χ2n) is 8.91. The van der Waals surface area contributed by atoms with Crippen LogP contribution in [-0.2, 0) is 23.9 Å². The summed E-state index contributed by atoms with van der Waals surface area (Å²) in [5, 5.41) is 5.92. The molecular formula is C26H53N3O6. The Hall–Kier alpha value is -2.32. The predicted molar refractivity (Wildman–Crippen MR) is 141 cm³/mol. The van der Waals surface area contributed by atoms with Gasteiger partial charge in [-0.1, -0.05) is 47.0 Å². The largest absolute Gasteiger partial charge is 0.471 e. The van der Waals surface area contributed by atoms with E-state index in [2.05, 4.69) is 27.0 Å². The summed E-state index contributed by atoms with van der Waals surface area (Å²) < 4.78 is 7.72. The maximum Gasteiger partial charge on any atom is 0.315 e. The summed E-state index contributed by atoms with van der Waals surface area (Å²) in [5.74, 6) is 0.390. The molecule has 0 bridgehead atoms. The van der Waals surface area contributed by atoms with Crippen molar-refractivity contribution in [1.82, 2.24) is 15.5 Å². The molecule has 1 saturated heterocycles. The molecule has 2 fully saturated rings. The topological polar surface area (TPSA) is 114 Å². The van der Waals surface area contributed by atoms with Crippen LogP contribution < -0.4 is 10.6 Å². The normalized spacial score (nSPS) is 17.5. The second-order valence-corrected chi connectivity index (χ2v) is 8.91. The van der Waals surface area contributed by atoms with Gasteiger partial charge < -0.3 is 25.0 Å². The summed E-state index contributed by atoms with van der Waals surface area (Å²) in [7, 11) is 2.62. The van der Waals surface area contributed by atoms with E-state index in [0.717, 1.165) is 45.1 Å². The van der Waals surface area contributed by atoms with E-state index >= 15 is 0 Å². The zero-order chi connectivity index (χ0) is 27.9. The number of carbonyl (C=O) groups is 4. The fraction of sp³-hybridized carbons (Fsp3) is 0.846. The third-order valence-electron chi connectivity index (χ3n) is 5.19. The van der Waals surface area contributed by atoms with E-state index in [1.807, 2.05) is 53.4 Å². The number of likely N-dealkylation sites (tertiary alicyclic amines) is 1. The molecule has 2 rings (SSSR count). The molecule has 1 aliphatic heterocycles. The molecule has 208 valence electrons. The van der Waals surface area contributed by atoms with Gasteiger partial charge in [-0.25, -0.2) is 4.79 Å². The van der Waals surface area contributed by atoms with E-state index in [4.69, 9.17) is 9.59 Å². The Balaban J connectivity index is -0.000000721. The van der Waals surface area contributed by atoms with E-state index in [0.29, 0.717) is 19.0 Å². The van der Waals surface area contributed by atoms with Gasteiger partial charge >= 0.3 is 6.03 Å². The molecule has 9 heteroatoms. The minimum Gasteiger partial charge on any atom is -0.471 e. The lowest BCUT2D eigenvalue weighted by Gasteiger charge is -2.35. The van der Waals surface area contributed by atoms with Crippen LogP contribution in [-0.4, -0.2) is 68.2 Å². The van der Waals surface area contributed by atoms with Crippen molar-refractivity contribution in [1.29, 1.82) is 0 Å². The zero-order valence-electron chi connectivity index (χ0n) is 23.9. The fourth-order valence-corrected chi connectivity index (χ4v) is 3.81. The minimum absolute atomic E-state index is 0.117. The van der Waals surface area contributed by atoms with Gasteiger partial charge in [0, 0.05) is 18.1 Å². The van der Waals surface area contributed by atoms with Gasteiger partial charge in [0.2, 0.25) is 5.91 Å². The Morgan fingerprint density at radius 3 is 1.69 bits per heavy atom. The predicted octanol–water partition coefficient (Wildman–Crippen LogP) is 4.67. The first-order valence-corrected chi connectivity index (χ1v) is 12.9. The molecular weight excluding hydrogens is 450 g/mol. The molecule has 2 aliphatic rings. The van der Waals surface area contributed by atoms with Crippen molar-refractivity contribution in [2.75, 3.05) is 20.8 Å². The van der Waals surface area contributed by atoms with Crippen LogP contribution >= 0.6 is 0 Å².